The molecule has 1 aliphatic rings. The quantitative estimate of drug-likeness (QED) is 0.212. The van der Waals surface area contributed by atoms with E-state index in [0.717, 1.165) is 35.3 Å². The van der Waals surface area contributed by atoms with Crippen molar-refractivity contribution in [1.29, 1.82) is 0 Å². The van der Waals surface area contributed by atoms with Crippen LogP contribution >= 0.6 is 11.3 Å². The first-order valence-electron chi connectivity index (χ1n) is 13.9. The second-order valence-corrected chi connectivity index (χ2v) is 11.9. The van der Waals surface area contributed by atoms with Gasteiger partial charge in [-0.1, -0.05) is 67.6 Å². The lowest BCUT2D eigenvalue weighted by molar-refractivity contribution is -0.138. The van der Waals surface area contributed by atoms with E-state index in [4.69, 9.17) is 15.6 Å². The molecule has 0 aliphatic carbocycles. The van der Waals surface area contributed by atoms with Crippen LogP contribution in [0.5, 0.6) is 0 Å². The normalized spacial score (nSPS) is 19.2. The number of aliphatic carboxylic acids is 1. The minimum atomic E-state index is -0.959. The molecule has 0 amide bonds. The predicted molar refractivity (Wildman–Crippen MR) is 163 cm³/mol. The standard InChI is InChI=1S/C25H27FO2S.C9H11NO2/c1-16-11-22(15-27)28-24(12-16)19-4-3-17(2)20(13-19)14-23-9-10-25(29-23)18-5-7-21(26)8-6-18;10-8(9(11)12)6-7-4-2-1-3-5-7/h3-10,13,16,22,24,27H,11-12,14-15H2,1-2H3;1-5,8H,6,10H2,(H,11,12). The number of hydrogen-bond donors (Lipinski definition) is 3. The number of thiophene rings is 1. The van der Waals surface area contributed by atoms with Gasteiger partial charge in [-0.3, -0.25) is 4.79 Å². The Morgan fingerprint density at radius 3 is 2.46 bits per heavy atom. The van der Waals surface area contributed by atoms with Gasteiger partial charge in [0.2, 0.25) is 0 Å². The molecule has 0 bridgehead atoms. The predicted octanol–water partition coefficient (Wildman–Crippen LogP) is 6.94. The summed E-state index contributed by atoms with van der Waals surface area (Å²) < 4.78 is 19.3. The van der Waals surface area contributed by atoms with Crippen molar-refractivity contribution in [3.05, 3.63) is 118 Å². The maximum Gasteiger partial charge on any atom is 0.320 e. The molecule has 7 heteroatoms. The van der Waals surface area contributed by atoms with E-state index in [1.54, 1.807) is 11.3 Å². The van der Waals surface area contributed by atoms with Crippen LogP contribution in [0.25, 0.3) is 10.4 Å². The zero-order valence-electron chi connectivity index (χ0n) is 23.5. The molecule has 4 aromatic rings. The maximum absolute atomic E-state index is 13.2. The second-order valence-electron chi connectivity index (χ2n) is 10.8. The van der Waals surface area contributed by atoms with Gasteiger partial charge < -0.3 is 20.7 Å². The molecule has 3 aromatic carbocycles. The van der Waals surface area contributed by atoms with Crippen molar-refractivity contribution in [3.8, 4) is 10.4 Å². The van der Waals surface area contributed by atoms with Crippen LogP contribution in [0.2, 0.25) is 0 Å². The van der Waals surface area contributed by atoms with Crippen LogP contribution in [0.15, 0.2) is 84.9 Å². The van der Waals surface area contributed by atoms with Gasteiger partial charge in [0.15, 0.2) is 0 Å². The number of benzene rings is 3. The van der Waals surface area contributed by atoms with Crippen LogP contribution in [0, 0.1) is 18.7 Å². The highest BCUT2D eigenvalue weighted by Gasteiger charge is 2.28. The van der Waals surface area contributed by atoms with Crippen LogP contribution < -0.4 is 5.73 Å². The number of hydrogen-bond acceptors (Lipinski definition) is 5. The molecule has 216 valence electrons. The van der Waals surface area contributed by atoms with Crippen molar-refractivity contribution < 1.29 is 24.1 Å². The number of aliphatic hydroxyl groups is 1. The zero-order valence-corrected chi connectivity index (χ0v) is 24.3. The number of aryl methyl sites for hydroxylation is 1. The lowest BCUT2D eigenvalue weighted by Gasteiger charge is -2.33. The molecule has 0 radical (unpaired) electrons. The summed E-state index contributed by atoms with van der Waals surface area (Å²) in [5.41, 5.74) is 11.1. The van der Waals surface area contributed by atoms with Crippen LogP contribution in [0.3, 0.4) is 0 Å². The van der Waals surface area contributed by atoms with Gasteiger partial charge in [0.1, 0.15) is 11.9 Å². The average molecular weight is 576 g/mol. The number of carbonyl (C=O) groups is 1. The molecule has 1 aliphatic heterocycles. The first kappa shape index (κ1) is 30.6. The summed E-state index contributed by atoms with van der Waals surface area (Å²) >= 11 is 1.75. The Kier molecular flexibility index (Phi) is 10.8. The number of aliphatic hydroxyl groups excluding tert-OH is 1. The van der Waals surface area contributed by atoms with Gasteiger partial charge in [0.05, 0.1) is 18.8 Å². The highest BCUT2D eigenvalue weighted by atomic mass is 32.1. The summed E-state index contributed by atoms with van der Waals surface area (Å²) in [6.07, 6.45) is 3.16. The van der Waals surface area contributed by atoms with Crippen LogP contribution in [0.1, 0.15) is 53.0 Å². The van der Waals surface area contributed by atoms with Gasteiger partial charge >= 0.3 is 5.97 Å². The van der Waals surface area contributed by atoms with Crippen LogP contribution in [-0.4, -0.2) is 34.9 Å². The summed E-state index contributed by atoms with van der Waals surface area (Å²) in [5.74, 6) is -0.620. The molecule has 1 saturated heterocycles. The Hall–Kier alpha value is -3.36. The first-order valence-corrected chi connectivity index (χ1v) is 14.8. The lowest BCUT2D eigenvalue weighted by Crippen LogP contribution is -2.32. The van der Waals surface area contributed by atoms with Crippen LogP contribution in [0.4, 0.5) is 4.39 Å². The van der Waals surface area contributed by atoms with Gasteiger partial charge in [-0.15, -0.1) is 11.3 Å². The van der Waals surface area contributed by atoms with E-state index >= 15 is 0 Å². The van der Waals surface area contributed by atoms with E-state index in [2.05, 4.69) is 44.2 Å². The van der Waals surface area contributed by atoms with Crippen molar-refractivity contribution in [2.75, 3.05) is 6.61 Å². The molecule has 1 fully saturated rings. The number of nitrogens with two attached hydrogens (primary N) is 1. The average Bonchev–Trinajstić information content (AvgIpc) is 3.43. The summed E-state index contributed by atoms with van der Waals surface area (Å²) in [4.78, 5) is 12.8. The lowest BCUT2D eigenvalue weighted by atomic mass is 9.89. The Morgan fingerprint density at radius 2 is 1.78 bits per heavy atom. The summed E-state index contributed by atoms with van der Waals surface area (Å²) in [5, 5.41) is 18.1. The Labute approximate surface area is 245 Å². The molecule has 4 N–H and O–H groups in total. The van der Waals surface area contributed by atoms with E-state index in [9.17, 15) is 14.3 Å². The fraction of sp³-hybridized carbons (Fsp3) is 0.324. The molecule has 0 saturated carbocycles. The largest absolute Gasteiger partial charge is 0.480 e. The van der Waals surface area contributed by atoms with Gasteiger partial charge in [-0.25, -0.2) is 4.39 Å². The topological polar surface area (TPSA) is 92.8 Å². The van der Waals surface area contributed by atoms with Gasteiger partial charge in [0.25, 0.3) is 0 Å². The van der Waals surface area contributed by atoms with E-state index in [-0.39, 0.29) is 24.6 Å². The van der Waals surface area contributed by atoms with Crippen molar-refractivity contribution in [2.45, 2.75) is 57.8 Å². The third kappa shape index (κ3) is 8.81. The summed E-state index contributed by atoms with van der Waals surface area (Å²) in [7, 11) is 0. The third-order valence-corrected chi connectivity index (χ3v) is 8.49. The molecule has 5 nitrogen and oxygen atoms in total. The molecule has 0 spiro atoms. The highest BCUT2D eigenvalue weighted by Crippen LogP contribution is 2.36. The molecule has 5 rings (SSSR count). The molecule has 4 unspecified atom stereocenters. The number of carboxylic acids is 1. The number of ether oxygens (including phenoxy) is 1. The molecule has 1 aromatic heterocycles. The molecule has 41 heavy (non-hydrogen) atoms. The summed E-state index contributed by atoms with van der Waals surface area (Å²) in [6.45, 7) is 4.46. The Morgan fingerprint density at radius 1 is 1.05 bits per heavy atom. The monoisotopic (exact) mass is 575 g/mol. The zero-order chi connectivity index (χ0) is 29.4. The van der Waals surface area contributed by atoms with Gasteiger partial charge in [0, 0.05) is 16.2 Å². The number of carboxylic acid groups (broad SMARTS) is 1. The Balaban J connectivity index is 0.000000271. The third-order valence-electron chi connectivity index (χ3n) is 7.36. The Bertz CT molecular complexity index is 1410. The fourth-order valence-electron chi connectivity index (χ4n) is 5.05. The van der Waals surface area contributed by atoms with E-state index in [1.807, 2.05) is 42.5 Å². The summed E-state index contributed by atoms with van der Waals surface area (Å²) in [6, 6.07) is 26.1. The van der Waals surface area contributed by atoms with Crippen molar-refractivity contribution >= 4 is 17.3 Å². The number of rotatable bonds is 8. The van der Waals surface area contributed by atoms with E-state index in [0.29, 0.717) is 12.3 Å². The molecule has 2 heterocycles. The fourth-order valence-corrected chi connectivity index (χ4v) is 6.09. The van der Waals surface area contributed by atoms with Gasteiger partial charge in [-0.2, -0.15) is 0 Å². The van der Waals surface area contributed by atoms with Gasteiger partial charge in [-0.05, 0) is 84.2 Å². The minimum Gasteiger partial charge on any atom is -0.480 e. The van der Waals surface area contributed by atoms with Crippen LogP contribution in [-0.2, 0) is 22.4 Å². The van der Waals surface area contributed by atoms with Crippen molar-refractivity contribution in [3.63, 3.8) is 0 Å². The maximum atomic E-state index is 13.2. The van der Waals surface area contributed by atoms with Crippen molar-refractivity contribution in [1.82, 2.24) is 0 Å². The minimum absolute atomic E-state index is 0.0494. The second kappa shape index (κ2) is 14.5. The first-order chi connectivity index (χ1) is 19.7. The molecular formula is C34H38FNO4S. The molecule has 4 atom stereocenters. The number of halogens is 1. The SMILES string of the molecule is Cc1ccc(C2CC(C)CC(CO)O2)cc1Cc1ccc(-c2ccc(F)cc2)s1.NC(Cc1ccccc1)C(=O)O. The van der Waals surface area contributed by atoms with Crippen molar-refractivity contribution in [2.24, 2.45) is 11.7 Å². The van der Waals surface area contributed by atoms with E-state index < -0.39 is 12.0 Å². The highest BCUT2D eigenvalue weighted by molar-refractivity contribution is 7.15. The molecular weight excluding hydrogens is 537 g/mol. The van der Waals surface area contributed by atoms with E-state index in [1.165, 1.54) is 33.7 Å². The smallest absolute Gasteiger partial charge is 0.320 e.